The molecule has 0 saturated heterocycles. The summed E-state index contributed by atoms with van der Waals surface area (Å²) in [6.45, 7) is 0. The van der Waals surface area contributed by atoms with Crippen molar-refractivity contribution < 1.29 is 4.79 Å². The summed E-state index contributed by atoms with van der Waals surface area (Å²) in [7, 11) is 0. The zero-order valence-corrected chi connectivity index (χ0v) is 9.34. The average molecular weight is 271 g/mol. The van der Waals surface area contributed by atoms with Gasteiger partial charge in [-0.15, -0.1) is 0 Å². The van der Waals surface area contributed by atoms with Crippen LogP contribution in [0.25, 0.3) is 10.8 Å². The Bertz CT molecular complexity index is 507. The monoisotopic (exact) mass is 269 g/mol. The first-order chi connectivity index (χ1) is 6.70. The van der Waals surface area contributed by atoms with E-state index in [0.717, 1.165) is 15.2 Å². The van der Waals surface area contributed by atoms with Crippen LogP contribution in [0.2, 0.25) is 0 Å². The first kappa shape index (κ1) is 9.62. The van der Waals surface area contributed by atoms with Crippen molar-refractivity contribution in [3.8, 4) is 0 Å². The normalized spacial score (nSPS) is 10.4. The van der Waals surface area contributed by atoms with Gasteiger partial charge in [-0.3, -0.25) is 9.78 Å². The predicted octanol–water partition coefficient (Wildman–Crippen LogP) is 3.38. The van der Waals surface area contributed by atoms with Crippen LogP contribution in [0.15, 0.2) is 35.1 Å². The van der Waals surface area contributed by atoms with Crippen LogP contribution in [0.1, 0.15) is 10.4 Å². The van der Waals surface area contributed by atoms with E-state index in [0.29, 0.717) is 5.56 Å². The van der Waals surface area contributed by atoms with Crippen molar-refractivity contribution in [1.29, 1.82) is 0 Å². The maximum Gasteiger partial charge on any atom is 0.254 e. The minimum Gasteiger partial charge on any atom is -0.276 e. The van der Waals surface area contributed by atoms with Crippen molar-refractivity contribution in [2.24, 2.45) is 0 Å². The lowest BCUT2D eigenvalue weighted by molar-refractivity contribution is 0.108. The fourth-order valence-electron chi connectivity index (χ4n) is 1.34. The van der Waals surface area contributed by atoms with Crippen LogP contribution in [-0.4, -0.2) is 10.2 Å². The minimum absolute atomic E-state index is 0.427. The van der Waals surface area contributed by atoms with E-state index in [1.165, 1.54) is 6.20 Å². The van der Waals surface area contributed by atoms with Gasteiger partial charge in [0.1, 0.15) is 0 Å². The number of carbonyl (C=O) groups excluding carboxylic acids is 1. The van der Waals surface area contributed by atoms with E-state index < -0.39 is 5.24 Å². The molecule has 0 atom stereocenters. The second-order valence-corrected chi connectivity index (χ2v) is 4.00. The summed E-state index contributed by atoms with van der Waals surface area (Å²) in [6, 6.07) is 5.64. The van der Waals surface area contributed by atoms with E-state index in [-0.39, 0.29) is 0 Å². The van der Waals surface area contributed by atoms with E-state index in [2.05, 4.69) is 20.9 Å². The molecule has 1 heterocycles. The molecule has 0 aliphatic rings. The summed E-state index contributed by atoms with van der Waals surface area (Å²) in [5.74, 6) is 0. The van der Waals surface area contributed by atoms with Gasteiger partial charge in [0.15, 0.2) is 0 Å². The van der Waals surface area contributed by atoms with Crippen LogP contribution >= 0.6 is 27.5 Å². The van der Waals surface area contributed by atoms with Gasteiger partial charge in [0.2, 0.25) is 0 Å². The molecule has 0 radical (unpaired) electrons. The van der Waals surface area contributed by atoms with Gasteiger partial charge in [-0.1, -0.05) is 28.1 Å². The fraction of sp³-hybridized carbons (Fsp3) is 0. The summed E-state index contributed by atoms with van der Waals surface area (Å²) in [5.41, 5.74) is 0.427. The van der Waals surface area contributed by atoms with E-state index >= 15 is 0 Å². The van der Waals surface area contributed by atoms with Crippen molar-refractivity contribution in [3.63, 3.8) is 0 Å². The molecule has 1 aromatic heterocycles. The van der Waals surface area contributed by atoms with E-state index in [1.807, 2.05) is 18.2 Å². The second-order valence-electron chi connectivity index (χ2n) is 2.80. The Morgan fingerprint density at radius 1 is 1.36 bits per heavy atom. The van der Waals surface area contributed by atoms with E-state index in [9.17, 15) is 4.79 Å². The summed E-state index contributed by atoms with van der Waals surface area (Å²) in [6.07, 6.45) is 3.17. The highest BCUT2D eigenvalue weighted by molar-refractivity contribution is 9.10. The Kier molecular flexibility index (Phi) is 2.52. The number of carbonyl (C=O) groups is 1. The number of rotatable bonds is 1. The second kappa shape index (κ2) is 3.67. The Labute approximate surface area is 94.0 Å². The van der Waals surface area contributed by atoms with Gasteiger partial charge in [-0.25, -0.2) is 0 Å². The maximum absolute atomic E-state index is 11.1. The van der Waals surface area contributed by atoms with Crippen molar-refractivity contribution >= 4 is 43.5 Å². The standard InChI is InChI=1S/C10H5BrClNO/c11-8-3-1-2-6-4-13-5-7(9(6)8)10(12)14/h1-5H. The lowest BCUT2D eigenvalue weighted by Crippen LogP contribution is -1.92. The SMILES string of the molecule is O=C(Cl)c1cncc2cccc(Br)c12. The van der Waals surface area contributed by atoms with Crippen molar-refractivity contribution in [1.82, 2.24) is 4.98 Å². The average Bonchev–Trinajstić information content (AvgIpc) is 2.17. The van der Waals surface area contributed by atoms with Crippen molar-refractivity contribution in [2.75, 3.05) is 0 Å². The number of hydrogen-bond acceptors (Lipinski definition) is 2. The third kappa shape index (κ3) is 1.53. The number of halogens is 2. The van der Waals surface area contributed by atoms with Gasteiger partial charge in [0, 0.05) is 27.6 Å². The highest BCUT2D eigenvalue weighted by Crippen LogP contribution is 2.27. The number of benzene rings is 1. The number of fused-ring (bicyclic) bond motifs is 1. The smallest absolute Gasteiger partial charge is 0.254 e. The zero-order chi connectivity index (χ0) is 10.1. The number of aromatic nitrogens is 1. The van der Waals surface area contributed by atoms with Gasteiger partial charge >= 0.3 is 0 Å². The number of pyridine rings is 1. The molecule has 4 heteroatoms. The van der Waals surface area contributed by atoms with Gasteiger partial charge in [-0.05, 0) is 17.7 Å². The van der Waals surface area contributed by atoms with Crippen molar-refractivity contribution in [2.45, 2.75) is 0 Å². The van der Waals surface area contributed by atoms with Gasteiger partial charge < -0.3 is 0 Å². The summed E-state index contributed by atoms with van der Waals surface area (Å²) >= 11 is 8.83. The lowest BCUT2D eigenvalue weighted by atomic mass is 10.1. The predicted molar refractivity (Wildman–Crippen MR) is 59.6 cm³/mol. The number of hydrogen-bond donors (Lipinski definition) is 0. The van der Waals surface area contributed by atoms with Crippen LogP contribution in [0.3, 0.4) is 0 Å². The minimum atomic E-state index is -0.491. The van der Waals surface area contributed by atoms with Gasteiger partial charge in [0.25, 0.3) is 5.24 Å². The van der Waals surface area contributed by atoms with Crippen LogP contribution in [0.5, 0.6) is 0 Å². The zero-order valence-electron chi connectivity index (χ0n) is 7.00. The molecule has 0 fully saturated rings. The molecule has 0 amide bonds. The summed E-state index contributed by atoms with van der Waals surface area (Å²) < 4.78 is 0.849. The Morgan fingerprint density at radius 3 is 2.86 bits per heavy atom. The molecular weight excluding hydrogens is 265 g/mol. The van der Waals surface area contributed by atoms with Crippen LogP contribution in [0, 0.1) is 0 Å². The molecule has 0 unspecified atom stereocenters. The van der Waals surface area contributed by atoms with E-state index in [1.54, 1.807) is 6.20 Å². The molecule has 0 N–H and O–H groups in total. The Balaban J connectivity index is 2.91. The third-order valence-corrected chi connectivity index (χ3v) is 2.81. The van der Waals surface area contributed by atoms with Crippen LogP contribution in [-0.2, 0) is 0 Å². The first-order valence-electron chi connectivity index (χ1n) is 3.92. The molecule has 14 heavy (non-hydrogen) atoms. The quantitative estimate of drug-likeness (QED) is 0.744. The lowest BCUT2D eigenvalue weighted by Gasteiger charge is -2.03. The molecule has 0 aliphatic carbocycles. The van der Waals surface area contributed by atoms with Crippen LogP contribution in [0.4, 0.5) is 0 Å². The first-order valence-corrected chi connectivity index (χ1v) is 5.09. The largest absolute Gasteiger partial charge is 0.276 e. The van der Waals surface area contributed by atoms with Gasteiger partial charge in [-0.2, -0.15) is 0 Å². The van der Waals surface area contributed by atoms with E-state index in [4.69, 9.17) is 11.6 Å². The topological polar surface area (TPSA) is 30.0 Å². The highest BCUT2D eigenvalue weighted by Gasteiger charge is 2.09. The molecule has 2 nitrogen and oxygen atoms in total. The maximum atomic E-state index is 11.1. The molecule has 0 aliphatic heterocycles. The fourth-order valence-corrected chi connectivity index (χ4v) is 2.08. The molecule has 70 valence electrons. The molecule has 1 aromatic carbocycles. The molecule has 2 aromatic rings. The Morgan fingerprint density at radius 2 is 2.14 bits per heavy atom. The molecule has 0 saturated carbocycles. The third-order valence-electron chi connectivity index (χ3n) is 1.94. The molecule has 2 rings (SSSR count). The van der Waals surface area contributed by atoms with Gasteiger partial charge in [0.05, 0.1) is 5.56 Å². The highest BCUT2D eigenvalue weighted by atomic mass is 79.9. The molecule has 0 spiro atoms. The molecule has 0 bridgehead atoms. The number of nitrogens with zero attached hydrogens (tertiary/aromatic N) is 1. The van der Waals surface area contributed by atoms with Crippen molar-refractivity contribution in [3.05, 3.63) is 40.6 Å². The molecular formula is C10H5BrClNO. The summed E-state index contributed by atoms with van der Waals surface area (Å²) in [5, 5.41) is 1.21. The Hall–Kier alpha value is -0.930. The summed E-state index contributed by atoms with van der Waals surface area (Å²) in [4.78, 5) is 15.1. The van der Waals surface area contributed by atoms with Crippen LogP contribution < -0.4 is 0 Å².